The van der Waals surface area contributed by atoms with E-state index < -0.39 is 10.0 Å². The average molecular weight is 495 g/mol. The zero-order valence-electron chi connectivity index (χ0n) is 19.7. The van der Waals surface area contributed by atoms with E-state index in [9.17, 15) is 13.2 Å². The molecule has 2 N–H and O–H groups in total. The minimum absolute atomic E-state index is 0.121. The quantitative estimate of drug-likeness (QED) is 0.456. The van der Waals surface area contributed by atoms with Crippen molar-refractivity contribution in [3.63, 3.8) is 0 Å². The Morgan fingerprint density at radius 2 is 1.86 bits per heavy atom. The maximum atomic E-state index is 13.6. The van der Waals surface area contributed by atoms with Crippen LogP contribution in [0.3, 0.4) is 0 Å². The molecule has 0 unspecified atom stereocenters. The Kier molecular flexibility index (Phi) is 7.87. The van der Waals surface area contributed by atoms with Gasteiger partial charge in [0.1, 0.15) is 10.6 Å². The number of rotatable bonds is 9. The van der Waals surface area contributed by atoms with Crippen LogP contribution in [0, 0.1) is 0 Å². The molecule has 1 fully saturated rings. The second-order valence-corrected chi connectivity index (χ2v) is 10.1. The first kappa shape index (κ1) is 24.5. The van der Waals surface area contributed by atoms with Gasteiger partial charge in [0.25, 0.3) is 10.0 Å². The number of benzene rings is 2. The van der Waals surface area contributed by atoms with Crippen molar-refractivity contribution in [1.29, 1.82) is 0 Å². The van der Waals surface area contributed by atoms with Gasteiger partial charge in [-0.05, 0) is 67.6 Å². The second kappa shape index (κ2) is 11.2. The molecule has 0 spiro atoms. The number of methoxy groups -OCH3 is 1. The van der Waals surface area contributed by atoms with Crippen LogP contribution >= 0.6 is 0 Å². The number of para-hydroxylation sites is 2. The molecule has 0 bridgehead atoms. The number of piperidine rings is 1. The third-order valence-electron chi connectivity index (χ3n) is 5.94. The van der Waals surface area contributed by atoms with Crippen LogP contribution in [0.25, 0.3) is 0 Å². The third kappa shape index (κ3) is 6.30. The van der Waals surface area contributed by atoms with Crippen LogP contribution in [0.2, 0.25) is 0 Å². The number of nitrogens with one attached hydrogen (secondary N) is 2. The van der Waals surface area contributed by atoms with Crippen LogP contribution in [0.15, 0.2) is 71.9 Å². The highest BCUT2D eigenvalue weighted by Crippen LogP contribution is 2.33. The molecule has 3 aromatic rings. The number of pyridine rings is 1. The lowest BCUT2D eigenvalue weighted by atomic mass is 10.1. The summed E-state index contributed by atoms with van der Waals surface area (Å²) in [6.45, 7) is 1.57. The number of aryl methyl sites for hydroxylation is 1. The van der Waals surface area contributed by atoms with Crippen molar-refractivity contribution in [3.05, 3.63) is 72.6 Å². The van der Waals surface area contributed by atoms with Gasteiger partial charge in [-0.2, -0.15) is 0 Å². The van der Waals surface area contributed by atoms with E-state index in [4.69, 9.17) is 4.74 Å². The molecular formula is C26H30N4O4S. The molecule has 1 amide bonds. The monoisotopic (exact) mass is 494 g/mol. The Labute approximate surface area is 206 Å². The molecule has 1 aromatic heterocycles. The molecule has 1 aliphatic heterocycles. The highest BCUT2D eigenvalue weighted by atomic mass is 32.2. The highest BCUT2D eigenvalue weighted by molar-refractivity contribution is 7.93. The Balaban J connectivity index is 1.60. The van der Waals surface area contributed by atoms with Crippen molar-refractivity contribution in [2.24, 2.45) is 0 Å². The van der Waals surface area contributed by atoms with Crippen LogP contribution in [-0.2, 0) is 21.2 Å². The number of sulfonamides is 1. The minimum atomic E-state index is -3.97. The molecule has 0 saturated carbocycles. The molecule has 35 heavy (non-hydrogen) atoms. The minimum Gasteiger partial charge on any atom is -0.495 e. The highest BCUT2D eigenvalue weighted by Gasteiger charge is 2.25. The lowest BCUT2D eigenvalue weighted by Gasteiger charge is -2.30. The van der Waals surface area contributed by atoms with Gasteiger partial charge in [0.15, 0.2) is 0 Å². The Hall–Kier alpha value is -3.59. The van der Waals surface area contributed by atoms with E-state index in [2.05, 4.69) is 19.9 Å². The number of carbonyl (C=O) groups is 1. The molecular weight excluding hydrogens is 464 g/mol. The fourth-order valence-electron chi connectivity index (χ4n) is 4.16. The number of aromatic nitrogens is 1. The topological polar surface area (TPSA) is 101 Å². The summed E-state index contributed by atoms with van der Waals surface area (Å²) in [6.07, 6.45) is 7.37. The third-order valence-corrected chi connectivity index (χ3v) is 7.34. The van der Waals surface area contributed by atoms with Gasteiger partial charge in [-0.25, -0.2) is 8.42 Å². The maximum Gasteiger partial charge on any atom is 0.264 e. The predicted molar refractivity (Wildman–Crippen MR) is 137 cm³/mol. The van der Waals surface area contributed by atoms with Gasteiger partial charge in [-0.3, -0.25) is 14.5 Å². The molecule has 184 valence electrons. The molecule has 4 rings (SSSR count). The van der Waals surface area contributed by atoms with Crippen LogP contribution in [-0.4, -0.2) is 39.5 Å². The zero-order valence-corrected chi connectivity index (χ0v) is 20.6. The molecule has 0 atom stereocenters. The summed E-state index contributed by atoms with van der Waals surface area (Å²) in [5, 5.41) is 2.85. The number of ether oxygens (including phenoxy) is 1. The normalized spacial score (nSPS) is 13.8. The lowest BCUT2D eigenvalue weighted by molar-refractivity contribution is -0.116. The molecule has 0 radical (unpaired) electrons. The number of carbonyl (C=O) groups excluding carboxylic acids is 1. The second-order valence-electron chi connectivity index (χ2n) is 8.45. The van der Waals surface area contributed by atoms with Crippen LogP contribution in [0.1, 0.15) is 31.2 Å². The van der Waals surface area contributed by atoms with Gasteiger partial charge in [0, 0.05) is 37.6 Å². The van der Waals surface area contributed by atoms with Gasteiger partial charge in [0.05, 0.1) is 18.5 Å². The van der Waals surface area contributed by atoms with E-state index in [0.717, 1.165) is 37.9 Å². The molecule has 8 nitrogen and oxygen atoms in total. The number of hydrogen-bond acceptors (Lipinski definition) is 6. The summed E-state index contributed by atoms with van der Waals surface area (Å²) in [6, 6.07) is 15.7. The number of hydrogen-bond donors (Lipinski definition) is 2. The van der Waals surface area contributed by atoms with Crippen molar-refractivity contribution in [2.75, 3.05) is 35.1 Å². The van der Waals surface area contributed by atoms with E-state index >= 15 is 0 Å². The van der Waals surface area contributed by atoms with Crippen LogP contribution in [0.4, 0.5) is 17.1 Å². The van der Waals surface area contributed by atoms with Crippen molar-refractivity contribution in [1.82, 2.24) is 4.98 Å². The van der Waals surface area contributed by atoms with E-state index in [1.807, 2.05) is 12.1 Å². The number of anilines is 3. The Morgan fingerprint density at radius 3 is 2.60 bits per heavy atom. The Morgan fingerprint density at radius 1 is 1.06 bits per heavy atom. The van der Waals surface area contributed by atoms with Gasteiger partial charge in [0.2, 0.25) is 5.91 Å². The molecule has 1 saturated heterocycles. The SMILES string of the molecule is COc1ccccc1NS(=O)(=O)c1cc(NC(=O)CCc2cccnc2)ccc1N1CCCCC1. The van der Waals surface area contributed by atoms with E-state index in [-0.39, 0.29) is 17.2 Å². The number of amides is 1. The van der Waals surface area contributed by atoms with E-state index in [1.165, 1.54) is 13.2 Å². The first-order valence-corrected chi connectivity index (χ1v) is 13.2. The number of nitrogens with zero attached hydrogens (tertiary/aromatic N) is 2. The van der Waals surface area contributed by atoms with E-state index in [0.29, 0.717) is 29.2 Å². The molecule has 9 heteroatoms. The van der Waals surface area contributed by atoms with Gasteiger partial charge in [-0.1, -0.05) is 18.2 Å². The molecule has 0 aliphatic carbocycles. The summed E-state index contributed by atoms with van der Waals surface area (Å²) in [5.74, 6) is 0.232. The fraction of sp³-hybridized carbons (Fsp3) is 0.308. The maximum absolute atomic E-state index is 13.6. The van der Waals surface area contributed by atoms with Crippen molar-refractivity contribution in [3.8, 4) is 5.75 Å². The Bertz CT molecular complexity index is 1260. The van der Waals surface area contributed by atoms with Crippen molar-refractivity contribution >= 4 is 33.0 Å². The summed E-state index contributed by atoms with van der Waals surface area (Å²) in [5.41, 5.74) is 2.38. The van der Waals surface area contributed by atoms with Crippen molar-refractivity contribution in [2.45, 2.75) is 37.0 Å². The van der Waals surface area contributed by atoms with Gasteiger partial charge >= 0.3 is 0 Å². The standard InChI is InChI=1S/C26H30N4O4S/c1-34-24-10-4-3-9-22(24)29-35(32,33)25-18-21(12-13-23(25)30-16-5-2-6-17-30)28-26(31)14-11-20-8-7-15-27-19-20/h3-4,7-10,12-13,15,18-19,29H,2,5-6,11,14,16-17H2,1H3,(H,28,31). The average Bonchev–Trinajstić information content (AvgIpc) is 2.89. The summed E-state index contributed by atoms with van der Waals surface area (Å²) >= 11 is 0. The smallest absolute Gasteiger partial charge is 0.264 e. The molecule has 2 heterocycles. The lowest BCUT2D eigenvalue weighted by Crippen LogP contribution is -2.31. The van der Waals surface area contributed by atoms with Crippen LogP contribution in [0.5, 0.6) is 5.75 Å². The van der Waals surface area contributed by atoms with Gasteiger partial charge < -0.3 is 15.0 Å². The van der Waals surface area contributed by atoms with Crippen molar-refractivity contribution < 1.29 is 17.9 Å². The largest absolute Gasteiger partial charge is 0.495 e. The summed E-state index contributed by atoms with van der Waals surface area (Å²) in [4.78, 5) is 18.9. The summed E-state index contributed by atoms with van der Waals surface area (Å²) in [7, 11) is -2.48. The molecule has 1 aliphatic rings. The molecule has 2 aromatic carbocycles. The first-order valence-electron chi connectivity index (χ1n) is 11.7. The zero-order chi connectivity index (χ0) is 24.7. The first-order chi connectivity index (χ1) is 17.0. The van der Waals surface area contributed by atoms with Gasteiger partial charge in [-0.15, -0.1) is 0 Å². The predicted octanol–water partition coefficient (Wildman–Crippen LogP) is 4.45. The van der Waals surface area contributed by atoms with E-state index in [1.54, 1.807) is 48.8 Å². The van der Waals surface area contributed by atoms with Crippen LogP contribution < -0.4 is 19.7 Å². The fourth-order valence-corrected chi connectivity index (χ4v) is 5.48. The summed E-state index contributed by atoms with van der Waals surface area (Å²) < 4.78 is 35.1.